The fourth-order valence-corrected chi connectivity index (χ4v) is 2.91. The fraction of sp³-hybridized carbons (Fsp3) is 0.647. The van der Waals surface area contributed by atoms with Crippen LogP contribution in [0.2, 0.25) is 5.02 Å². The molecular formula is C17H28ClN. The molecule has 0 aromatic heterocycles. The maximum Gasteiger partial charge on any atom is 0.0453 e. The fourth-order valence-electron chi connectivity index (χ4n) is 2.64. The van der Waals surface area contributed by atoms with Crippen molar-refractivity contribution in [3.63, 3.8) is 0 Å². The van der Waals surface area contributed by atoms with Gasteiger partial charge >= 0.3 is 0 Å². The summed E-state index contributed by atoms with van der Waals surface area (Å²) in [6.07, 6.45) is 6.40. The molecule has 1 aromatic rings. The van der Waals surface area contributed by atoms with Gasteiger partial charge in [0.1, 0.15) is 0 Å². The van der Waals surface area contributed by atoms with Crippen molar-refractivity contribution in [3.8, 4) is 0 Å². The van der Waals surface area contributed by atoms with Gasteiger partial charge in [-0.15, -0.1) is 0 Å². The second-order valence-corrected chi connectivity index (χ2v) is 5.69. The van der Waals surface area contributed by atoms with Crippen molar-refractivity contribution in [2.45, 2.75) is 58.9 Å². The summed E-state index contributed by atoms with van der Waals surface area (Å²) in [6, 6.07) is 8.62. The third-order valence-corrected chi connectivity index (χ3v) is 4.19. The molecule has 2 heteroatoms. The van der Waals surface area contributed by atoms with Crippen LogP contribution in [0.4, 0.5) is 0 Å². The number of hydrogen-bond acceptors (Lipinski definition) is 1. The molecule has 1 aromatic carbocycles. The van der Waals surface area contributed by atoms with Gasteiger partial charge in [0.05, 0.1) is 0 Å². The van der Waals surface area contributed by atoms with Crippen LogP contribution in [0.1, 0.15) is 64.5 Å². The van der Waals surface area contributed by atoms with E-state index in [-0.39, 0.29) is 0 Å². The van der Waals surface area contributed by atoms with Crippen LogP contribution in [0, 0.1) is 5.92 Å². The van der Waals surface area contributed by atoms with E-state index in [2.05, 4.69) is 38.2 Å². The lowest BCUT2D eigenvalue weighted by Gasteiger charge is -2.24. The molecule has 2 atom stereocenters. The van der Waals surface area contributed by atoms with Gasteiger partial charge < -0.3 is 5.32 Å². The summed E-state index contributed by atoms with van der Waals surface area (Å²) in [7, 11) is 0. The number of benzene rings is 1. The average molecular weight is 282 g/mol. The second kappa shape index (κ2) is 9.39. The van der Waals surface area contributed by atoms with Crippen LogP contribution >= 0.6 is 11.6 Å². The first-order valence-corrected chi connectivity index (χ1v) is 8.08. The average Bonchev–Trinajstić information content (AvgIpc) is 2.43. The van der Waals surface area contributed by atoms with E-state index in [1.165, 1.54) is 37.7 Å². The molecule has 0 spiro atoms. The minimum absolute atomic E-state index is 0.389. The second-order valence-electron chi connectivity index (χ2n) is 5.28. The molecule has 108 valence electrons. The quantitative estimate of drug-likeness (QED) is 0.621. The molecule has 0 heterocycles. The minimum atomic E-state index is 0.389. The van der Waals surface area contributed by atoms with Crippen LogP contribution < -0.4 is 5.32 Å². The lowest BCUT2D eigenvalue weighted by atomic mass is 9.89. The molecule has 0 amide bonds. The highest BCUT2D eigenvalue weighted by Crippen LogP contribution is 2.30. The Labute approximate surface area is 123 Å². The van der Waals surface area contributed by atoms with E-state index in [1.807, 2.05) is 12.1 Å². The number of rotatable bonds is 9. The Bertz CT molecular complexity index is 351. The lowest BCUT2D eigenvalue weighted by molar-refractivity contribution is 0.357. The van der Waals surface area contributed by atoms with E-state index in [1.54, 1.807) is 0 Å². The Kier molecular flexibility index (Phi) is 8.16. The van der Waals surface area contributed by atoms with Gasteiger partial charge in [-0.25, -0.2) is 0 Å². The predicted octanol–water partition coefficient (Wildman–Crippen LogP) is 5.60. The van der Waals surface area contributed by atoms with Crippen molar-refractivity contribution in [2.24, 2.45) is 5.92 Å². The number of nitrogens with one attached hydrogen (secondary N) is 1. The highest BCUT2D eigenvalue weighted by Gasteiger charge is 2.18. The Balaban J connectivity index is 2.74. The summed E-state index contributed by atoms with van der Waals surface area (Å²) in [5.41, 5.74) is 1.25. The summed E-state index contributed by atoms with van der Waals surface area (Å²) in [5.74, 6) is 0.792. The zero-order valence-electron chi connectivity index (χ0n) is 12.6. The molecule has 0 saturated carbocycles. The van der Waals surface area contributed by atoms with E-state index < -0.39 is 0 Å². The van der Waals surface area contributed by atoms with E-state index in [0.29, 0.717) is 6.04 Å². The molecule has 0 bridgehead atoms. The van der Waals surface area contributed by atoms with E-state index in [9.17, 15) is 0 Å². The lowest BCUT2D eigenvalue weighted by Crippen LogP contribution is -2.23. The first-order chi connectivity index (χ1) is 9.22. The van der Waals surface area contributed by atoms with Gasteiger partial charge in [0.25, 0.3) is 0 Å². The van der Waals surface area contributed by atoms with Gasteiger partial charge in [0.15, 0.2) is 0 Å². The van der Waals surface area contributed by atoms with Crippen LogP contribution in [0.15, 0.2) is 24.3 Å². The Hall–Kier alpha value is -0.530. The summed E-state index contributed by atoms with van der Waals surface area (Å²) in [4.78, 5) is 0. The van der Waals surface area contributed by atoms with Crippen molar-refractivity contribution in [2.75, 3.05) is 6.54 Å². The van der Waals surface area contributed by atoms with E-state index in [0.717, 1.165) is 17.5 Å². The van der Waals surface area contributed by atoms with Crippen LogP contribution in [0.5, 0.6) is 0 Å². The predicted molar refractivity (Wildman–Crippen MR) is 85.8 cm³/mol. The van der Waals surface area contributed by atoms with Gasteiger partial charge in [-0.2, -0.15) is 0 Å². The SMILES string of the molecule is CCCCC(CC)CC(NCC)c1ccccc1Cl. The summed E-state index contributed by atoms with van der Waals surface area (Å²) in [6.45, 7) is 7.72. The van der Waals surface area contributed by atoms with Gasteiger partial charge in [0, 0.05) is 11.1 Å². The first-order valence-electron chi connectivity index (χ1n) is 7.70. The third-order valence-electron chi connectivity index (χ3n) is 3.84. The largest absolute Gasteiger partial charge is 0.310 e. The standard InChI is InChI=1S/C17H28ClN/c1-4-7-10-14(5-2)13-17(19-6-3)15-11-8-9-12-16(15)18/h8-9,11-12,14,17,19H,4-7,10,13H2,1-3H3. The zero-order chi connectivity index (χ0) is 14.1. The van der Waals surface area contributed by atoms with Crippen LogP contribution in [0.25, 0.3) is 0 Å². The van der Waals surface area contributed by atoms with Crippen LogP contribution in [-0.2, 0) is 0 Å². The first kappa shape index (κ1) is 16.5. The molecule has 0 radical (unpaired) electrons. The summed E-state index contributed by atoms with van der Waals surface area (Å²) < 4.78 is 0. The summed E-state index contributed by atoms with van der Waals surface area (Å²) in [5, 5.41) is 4.48. The van der Waals surface area contributed by atoms with E-state index in [4.69, 9.17) is 11.6 Å². The maximum atomic E-state index is 6.35. The van der Waals surface area contributed by atoms with Gasteiger partial charge in [0.2, 0.25) is 0 Å². The monoisotopic (exact) mass is 281 g/mol. The molecule has 2 unspecified atom stereocenters. The number of halogens is 1. The van der Waals surface area contributed by atoms with Crippen LogP contribution in [0.3, 0.4) is 0 Å². The smallest absolute Gasteiger partial charge is 0.0453 e. The van der Waals surface area contributed by atoms with Crippen molar-refractivity contribution in [3.05, 3.63) is 34.9 Å². The Morgan fingerprint density at radius 3 is 2.47 bits per heavy atom. The van der Waals surface area contributed by atoms with Crippen LogP contribution in [-0.4, -0.2) is 6.54 Å². The molecule has 0 aliphatic rings. The van der Waals surface area contributed by atoms with Gasteiger partial charge in [-0.05, 0) is 30.5 Å². The molecule has 0 fully saturated rings. The van der Waals surface area contributed by atoms with Gasteiger partial charge in [-0.1, -0.05) is 76.3 Å². The molecule has 0 aliphatic heterocycles. The van der Waals surface area contributed by atoms with E-state index >= 15 is 0 Å². The van der Waals surface area contributed by atoms with Crippen molar-refractivity contribution < 1.29 is 0 Å². The van der Waals surface area contributed by atoms with Crippen molar-refractivity contribution >= 4 is 11.6 Å². The molecule has 19 heavy (non-hydrogen) atoms. The molecule has 0 aliphatic carbocycles. The van der Waals surface area contributed by atoms with Gasteiger partial charge in [-0.3, -0.25) is 0 Å². The van der Waals surface area contributed by atoms with Crippen molar-refractivity contribution in [1.29, 1.82) is 0 Å². The topological polar surface area (TPSA) is 12.0 Å². The molecule has 1 nitrogen and oxygen atoms in total. The summed E-state index contributed by atoms with van der Waals surface area (Å²) >= 11 is 6.35. The normalized spacial score (nSPS) is 14.3. The number of hydrogen-bond donors (Lipinski definition) is 1. The molecule has 0 saturated heterocycles. The third kappa shape index (κ3) is 5.54. The molecular weight excluding hydrogens is 254 g/mol. The molecule has 1 N–H and O–H groups in total. The number of unbranched alkanes of at least 4 members (excludes halogenated alkanes) is 1. The highest BCUT2D eigenvalue weighted by molar-refractivity contribution is 6.31. The maximum absolute atomic E-state index is 6.35. The minimum Gasteiger partial charge on any atom is -0.310 e. The Morgan fingerprint density at radius 2 is 1.89 bits per heavy atom. The highest BCUT2D eigenvalue weighted by atomic mass is 35.5. The molecule has 1 rings (SSSR count). The van der Waals surface area contributed by atoms with Crippen molar-refractivity contribution in [1.82, 2.24) is 5.32 Å². The Morgan fingerprint density at radius 1 is 1.16 bits per heavy atom. The zero-order valence-corrected chi connectivity index (χ0v) is 13.3.